The zero-order valence-corrected chi connectivity index (χ0v) is 14.5. The number of thiocarbonyl (C=S) groups is 1. The highest BCUT2D eigenvalue weighted by Gasteiger charge is 2.17. The molecule has 0 saturated carbocycles. The summed E-state index contributed by atoms with van der Waals surface area (Å²) in [5.41, 5.74) is 13.9. The van der Waals surface area contributed by atoms with E-state index in [0.29, 0.717) is 5.71 Å². The maximum absolute atomic E-state index is 12.0. The smallest absolute Gasteiger partial charge is 0.360 e. The largest absolute Gasteiger partial charge is 0.461 e. The van der Waals surface area contributed by atoms with Crippen molar-refractivity contribution in [1.82, 2.24) is 5.43 Å². The molecule has 0 unspecified atom stereocenters. The van der Waals surface area contributed by atoms with Crippen molar-refractivity contribution in [1.29, 1.82) is 0 Å². The van der Waals surface area contributed by atoms with Gasteiger partial charge < -0.3 is 10.5 Å². The average molecular weight is 335 g/mol. The molecule has 0 aliphatic heterocycles. The van der Waals surface area contributed by atoms with Crippen LogP contribution < -0.4 is 16.6 Å². The first-order valence-corrected chi connectivity index (χ1v) is 7.44. The standard InChI is InChI=1S/C15H21N5O2S/c1-5-22-14(21)13(11(4)17-20-15(16)23)19-18-12-7-6-9(2)10(3)8-12/h6-8,18H,5H2,1-4H3,(H3,16,20,23). The van der Waals surface area contributed by atoms with Crippen LogP contribution in [0.5, 0.6) is 0 Å². The van der Waals surface area contributed by atoms with Gasteiger partial charge in [-0.25, -0.2) is 4.79 Å². The summed E-state index contributed by atoms with van der Waals surface area (Å²) in [5.74, 6) is -0.588. The number of esters is 1. The van der Waals surface area contributed by atoms with Crippen LogP contribution in [0.4, 0.5) is 5.69 Å². The summed E-state index contributed by atoms with van der Waals surface area (Å²) in [7, 11) is 0. The third kappa shape index (κ3) is 6.03. The van der Waals surface area contributed by atoms with Crippen molar-refractivity contribution in [2.45, 2.75) is 27.7 Å². The lowest BCUT2D eigenvalue weighted by Gasteiger charge is -2.08. The summed E-state index contributed by atoms with van der Waals surface area (Å²) in [4.78, 5) is 12.0. The lowest BCUT2D eigenvalue weighted by molar-refractivity contribution is -0.134. The fourth-order valence-corrected chi connectivity index (χ4v) is 1.64. The van der Waals surface area contributed by atoms with Gasteiger partial charge >= 0.3 is 5.97 Å². The summed E-state index contributed by atoms with van der Waals surface area (Å²) < 4.78 is 4.98. The molecule has 8 heteroatoms. The molecular formula is C15H21N5O2S. The van der Waals surface area contributed by atoms with Crippen LogP contribution in [0.25, 0.3) is 0 Å². The summed E-state index contributed by atoms with van der Waals surface area (Å²) in [6, 6.07) is 5.77. The Morgan fingerprint density at radius 3 is 2.57 bits per heavy atom. The zero-order chi connectivity index (χ0) is 17.4. The van der Waals surface area contributed by atoms with Crippen molar-refractivity contribution < 1.29 is 9.53 Å². The molecule has 7 nitrogen and oxygen atoms in total. The van der Waals surface area contributed by atoms with Crippen LogP contribution in [0.2, 0.25) is 0 Å². The van der Waals surface area contributed by atoms with E-state index >= 15 is 0 Å². The number of anilines is 1. The topological polar surface area (TPSA) is 101 Å². The van der Waals surface area contributed by atoms with Crippen molar-refractivity contribution in [3.63, 3.8) is 0 Å². The Bertz CT molecular complexity index is 655. The molecule has 0 atom stereocenters. The van der Waals surface area contributed by atoms with Gasteiger partial charge in [0.25, 0.3) is 0 Å². The Kier molecular flexibility index (Phi) is 7.14. The quantitative estimate of drug-likeness (QED) is 0.317. The van der Waals surface area contributed by atoms with E-state index in [2.05, 4.69) is 33.3 Å². The van der Waals surface area contributed by atoms with E-state index in [9.17, 15) is 4.79 Å². The van der Waals surface area contributed by atoms with Crippen LogP contribution in [-0.2, 0) is 9.53 Å². The van der Waals surface area contributed by atoms with Gasteiger partial charge in [-0.05, 0) is 63.2 Å². The lowest BCUT2D eigenvalue weighted by atomic mass is 10.1. The summed E-state index contributed by atoms with van der Waals surface area (Å²) in [6.07, 6.45) is 0. The number of nitrogens with one attached hydrogen (secondary N) is 2. The number of nitrogens with zero attached hydrogens (tertiary/aromatic N) is 2. The zero-order valence-electron chi connectivity index (χ0n) is 13.6. The van der Waals surface area contributed by atoms with Crippen molar-refractivity contribution >= 4 is 40.4 Å². The number of benzene rings is 1. The van der Waals surface area contributed by atoms with Gasteiger partial charge in [0.2, 0.25) is 0 Å². The van der Waals surface area contributed by atoms with Gasteiger partial charge in [0.15, 0.2) is 10.8 Å². The molecule has 0 heterocycles. The van der Waals surface area contributed by atoms with Crippen LogP contribution in [0.15, 0.2) is 28.4 Å². The summed E-state index contributed by atoms with van der Waals surface area (Å²) in [6.45, 7) is 7.56. The highest BCUT2D eigenvalue weighted by Crippen LogP contribution is 2.14. The third-order valence-electron chi connectivity index (χ3n) is 2.95. The first-order chi connectivity index (χ1) is 10.8. The molecule has 124 valence electrons. The van der Waals surface area contributed by atoms with E-state index in [1.54, 1.807) is 13.8 Å². The van der Waals surface area contributed by atoms with Crippen molar-refractivity contribution in [3.8, 4) is 0 Å². The predicted octanol–water partition coefficient (Wildman–Crippen LogP) is 1.84. The Hall–Kier alpha value is -2.48. The minimum absolute atomic E-state index is 0.00493. The lowest BCUT2D eigenvalue weighted by Crippen LogP contribution is -2.30. The molecule has 0 spiro atoms. The number of carbonyl (C=O) groups excluding carboxylic acids is 1. The molecule has 1 aromatic rings. The Morgan fingerprint density at radius 1 is 1.30 bits per heavy atom. The van der Waals surface area contributed by atoms with Crippen molar-refractivity contribution in [2.75, 3.05) is 12.0 Å². The Labute approximate surface area is 141 Å². The third-order valence-corrected chi connectivity index (χ3v) is 3.04. The Balaban J connectivity index is 3.02. The second-order valence-electron chi connectivity index (χ2n) is 4.76. The molecule has 0 amide bonds. The molecule has 0 saturated heterocycles. The molecule has 0 bridgehead atoms. The minimum atomic E-state index is -0.588. The SMILES string of the molecule is CCOC(=O)C(=NNc1ccc(C)c(C)c1)C(C)=NNC(N)=S. The minimum Gasteiger partial charge on any atom is -0.461 e. The van der Waals surface area contributed by atoms with E-state index in [4.69, 9.17) is 10.5 Å². The van der Waals surface area contributed by atoms with Crippen LogP contribution in [0.3, 0.4) is 0 Å². The first kappa shape index (κ1) is 18.6. The van der Waals surface area contributed by atoms with E-state index in [0.717, 1.165) is 11.3 Å². The number of hydrazone groups is 2. The van der Waals surface area contributed by atoms with Gasteiger partial charge in [-0.3, -0.25) is 10.9 Å². The van der Waals surface area contributed by atoms with Crippen molar-refractivity contribution in [3.05, 3.63) is 29.3 Å². The number of ether oxygens (including phenoxy) is 1. The monoisotopic (exact) mass is 335 g/mol. The fourth-order valence-electron chi connectivity index (χ4n) is 1.60. The van der Waals surface area contributed by atoms with Crippen LogP contribution >= 0.6 is 12.2 Å². The number of rotatable bonds is 6. The highest BCUT2D eigenvalue weighted by molar-refractivity contribution is 7.80. The van der Waals surface area contributed by atoms with Crippen LogP contribution in [0, 0.1) is 13.8 Å². The number of hydrogen-bond acceptors (Lipinski definition) is 6. The van der Waals surface area contributed by atoms with Gasteiger partial charge in [-0.15, -0.1) is 0 Å². The molecule has 23 heavy (non-hydrogen) atoms. The van der Waals surface area contributed by atoms with Gasteiger partial charge in [-0.2, -0.15) is 10.2 Å². The summed E-state index contributed by atoms with van der Waals surface area (Å²) >= 11 is 4.67. The Morgan fingerprint density at radius 2 is 2.00 bits per heavy atom. The van der Waals surface area contributed by atoms with E-state index in [1.165, 1.54) is 5.56 Å². The maximum Gasteiger partial charge on any atom is 0.360 e. The highest BCUT2D eigenvalue weighted by atomic mass is 32.1. The molecule has 1 rings (SSSR count). The second-order valence-corrected chi connectivity index (χ2v) is 5.20. The average Bonchev–Trinajstić information content (AvgIpc) is 2.49. The van der Waals surface area contributed by atoms with E-state index < -0.39 is 5.97 Å². The van der Waals surface area contributed by atoms with E-state index in [1.807, 2.05) is 32.0 Å². The normalized spacial score (nSPS) is 11.8. The van der Waals surface area contributed by atoms with Gasteiger partial charge in [0.05, 0.1) is 18.0 Å². The molecule has 0 aromatic heterocycles. The molecule has 1 aromatic carbocycles. The number of aryl methyl sites for hydroxylation is 2. The van der Waals surface area contributed by atoms with Crippen LogP contribution in [0.1, 0.15) is 25.0 Å². The van der Waals surface area contributed by atoms with Gasteiger partial charge in [0.1, 0.15) is 0 Å². The number of nitrogens with two attached hydrogens (primary N) is 1. The molecule has 4 N–H and O–H groups in total. The molecular weight excluding hydrogens is 314 g/mol. The predicted molar refractivity (Wildman–Crippen MR) is 96.6 cm³/mol. The maximum atomic E-state index is 12.0. The molecule has 0 aliphatic rings. The number of carbonyl (C=O) groups is 1. The van der Waals surface area contributed by atoms with E-state index in [-0.39, 0.29) is 17.4 Å². The molecule has 0 radical (unpaired) electrons. The van der Waals surface area contributed by atoms with Gasteiger partial charge in [-0.1, -0.05) is 6.07 Å². The molecule has 0 fully saturated rings. The number of hydrogen-bond donors (Lipinski definition) is 3. The summed E-state index contributed by atoms with van der Waals surface area (Å²) in [5, 5.41) is 7.99. The van der Waals surface area contributed by atoms with Crippen LogP contribution in [-0.4, -0.2) is 29.1 Å². The molecule has 0 aliphatic carbocycles. The van der Waals surface area contributed by atoms with Gasteiger partial charge in [0, 0.05) is 0 Å². The fraction of sp³-hybridized carbons (Fsp3) is 0.333. The van der Waals surface area contributed by atoms with Crippen molar-refractivity contribution in [2.24, 2.45) is 15.9 Å². The second kappa shape index (κ2) is 8.84. The first-order valence-electron chi connectivity index (χ1n) is 7.03.